The molecule has 0 aromatic heterocycles. The normalized spacial score (nSPS) is 21.2. The molecular formula is C15H23FN2O2S. The fraction of sp³-hybridized carbons (Fsp3) is 0.600. The van der Waals surface area contributed by atoms with E-state index in [1.807, 2.05) is 6.92 Å². The van der Waals surface area contributed by atoms with Crippen LogP contribution < -0.4 is 5.73 Å². The van der Waals surface area contributed by atoms with E-state index in [2.05, 4.69) is 0 Å². The van der Waals surface area contributed by atoms with Crippen LogP contribution in [0.15, 0.2) is 17.0 Å². The Morgan fingerprint density at radius 3 is 2.71 bits per heavy atom. The van der Waals surface area contributed by atoms with Gasteiger partial charge in [-0.3, -0.25) is 0 Å². The Bertz CT molecular complexity index is 616. The molecule has 118 valence electrons. The number of sulfonamides is 1. The van der Waals surface area contributed by atoms with Gasteiger partial charge in [0.1, 0.15) is 5.82 Å². The Morgan fingerprint density at radius 2 is 2.05 bits per heavy atom. The lowest BCUT2D eigenvalue weighted by atomic mass is 10.1. The first-order valence-corrected chi connectivity index (χ1v) is 8.89. The Labute approximate surface area is 126 Å². The summed E-state index contributed by atoms with van der Waals surface area (Å²) in [4.78, 5) is 0.127. The maximum absolute atomic E-state index is 13.5. The first-order valence-electron chi connectivity index (χ1n) is 7.45. The maximum Gasteiger partial charge on any atom is 0.243 e. The topological polar surface area (TPSA) is 63.4 Å². The van der Waals surface area contributed by atoms with Crippen LogP contribution in [0.25, 0.3) is 0 Å². The highest BCUT2D eigenvalue weighted by molar-refractivity contribution is 7.89. The van der Waals surface area contributed by atoms with E-state index in [9.17, 15) is 12.8 Å². The van der Waals surface area contributed by atoms with Gasteiger partial charge in [0.2, 0.25) is 10.0 Å². The molecule has 6 heteroatoms. The van der Waals surface area contributed by atoms with Crippen LogP contribution in [0.1, 0.15) is 44.6 Å². The second-order valence-electron chi connectivity index (χ2n) is 5.67. The Balaban J connectivity index is 2.47. The van der Waals surface area contributed by atoms with Crippen LogP contribution in [0.4, 0.5) is 10.1 Å². The second-order valence-corrected chi connectivity index (χ2v) is 7.53. The summed E-state index contributed by atoms with van der Waals surface area (Å²) >= 11 is 0. The van der Waals surface area contributed by atoms with Gasteiger partial charge in [-0.2, -0.15) is 4.31 Å². The lowest BCUT2D eigenvalue weighted by Gasteiger charge is -2.29. The van der Waals surface area contributed by atoms with E-state index in [-0.39, 0.29) is 16.6 Å². The highest BCUT2D eigenvalue weighted by Crippen LogP contribution is 2.29. The largest absolute Gasteiger partial charge is 0.396 e. The molecule has 0 amide bonds. The minimum Gasteiger partial charge on any atom is -0.396 e. The predicted molar refractivity (Wildman–Crippen MR) is 82.0 cm³/mol. The van der Waals surface area contributed by atoms with E-state index in [1.54, 1.807) is 11.2 Å². The number of aryl methyl sites for hydroxylation is 1. The van der Waals surface area contributed by atoms with E-state index in [1.165, 1.54) is 12.1 Å². The zero-order chi connectivity index (χ0) is 15.6. The van der Waals surface area contributed by atoms with Gasteiger partial charge in [-0.1, -0.05) is 19.8 Å². The highest BCUT2D eigenvalue weighted by Gasteiger charge is 2.32. The second kappa shape index (κ2) is 6.32. The minimum absolute atomic E-state index is 0.0168. The molecule has 1 aromatic rings. The van der Waals surface area contributed by atoms with Crippen LogP contribution in [-0.2, 0) is 10.0 Å². The molecule has 4 nitrogen and oxygen atoms in total. The van der Waals surface area contributed by atoms with Gasteiger partial charge >= 0.3 is 0 Å². The van der Waals surface area contributed by atoms with Crippen molar-refractivity contribution in [3.05, 3.63) is 23.5 Å². The predicted octanol–water partition coefficient (Wildman–Crippen LogP) is 3.06. The molecule has 0 aliphatic carbocycles. The van der Waals surface area contributed by atoms with Gasteiger partial charge in [0.05, 0.1) is 10.6 Å². The van der Waals surface area contributed by atoms with Crippen molar-refractivity contribution >= 4 is 15.7 Å². The highest BCUT2D eigenvalue weighted by atomic mass is 32.2. The number of nitrogen functional groups attached to an aromatic ring is 1. The molecule has 1 saturated heterocycles. The van der Waals surface area contributed by atoms with Gasteiger partial charge in [0, 0.05) is 12.6 Å². The average Bonchev–Trinajstić information content (AvgIpc) is 2.68. The molecule has 0 bridgehead atoms. The van der Waals surface area contributed by atoms with Crippen LogP contribution in [0.3, 0.4) is 0 Å². The van der Waals surface area contributed by atoms with E-state index in [0.29, 0.717) is 12.1 Å². The van der Waals surface area contributed by atoms with Gasteiger partial charge in [-0.05, 0) is 43.9 Å². The summed E-state index contributed by atoms with van der Waals surface area (Å²) in [7, 11) is -3.63. The molecule has 1 aromatic carbocycles. The van der Waals surface area contributed by atoms with Gasteiger partial charge in [-0.25, -0.2) is 12.8 Å². The molecule has 1 heterocycles. The number of nitrogens with two attached hydrogens (primary N) is 1. The van der Waals surface area contributed by atoms with Crippen LogP contribution in [0, 0.1) is 12.7 Å². The molecule has 1 unspecified atom stereocenters. The van der Waals surface area contributed by atoms with Gasteiger partial charge in [0.15, 0.2) is 0 Å². The Hall–Kier alpha value is -1.14. The molecule has 0 radical (unpaired) electrons. The van der Waals surface area contributed by atoms with Gasteiger partial charge < -0.3 is 5.73 Å². The number of halogens is 1. The molecule has 21 heavy (non-hydrogen) atoms. The number of hydrogen-bond acceptors (Lipinski definition) is 3. The molecule has 1 fully saturated rings. The molecular weight excluding hydrogens is 291 g/mol. The number of hydrogen-bond donors (Lipinski definition) is 1. The van der Waals surface area contributed by atoms with Crippen molar-refractivity contribution in [1.82, 2.24) is 4.31 Å². The first-order chi connectivity index (χ1) is 9.87. The minimum atomic E-state index is -3.63. The van der Waals surface area contributed by atoms with E-state index < -0.39 is 15.8 Å². The summed E-state index contributed by atoms with van der Waals surface area (Å²) in [5, 5.41) is 0. The SMILES string of the molecule is CCC1CCCCCN1S(=O)(=O)c1cc(N)c(F)cc1C. The first kappa shape index (κ1) is 16.2. The lowest BCUT2D eigenvalue weighted by molar-refractivity contribution is 0.315. The summed E-state index contributed by atoms with van der Waals surface area (Å²) in [6.07, 6.45) is 4.63. The molecule has 0 spiro atoms. The molecule has 0 saturated carbocycles. The summed E-state index contributed by atoms with van der Waals surface area (Å²) in [6, 6.07) is 2.46. The van der Waals surface area contributed by atoms with Crippen molar-refractivity contribution < 1.29 is 12.8 Å². The monoisotopic (exact) mass is 314 g/mol. The number of nitrogens with zero attached hydrogens (tertiary/aromatic N) is 1. The molecule has 1 atom stereocenters. The van der Waals surface area contributed by atoms with Gasteiger partial charge in [-0.15, -0.1) is 0 Å². The third-order valence-electron chi connectivity index (χ3n) is 4.18. The average molecular weight is 314 g/mol. The molecule has 1 aliphatic heterocycles. The number of benzene rings is 1. The van der Waals surface area contributed by atoms with E-state index >= 15 is 0 Å². The molecule has 1 aliphatic rings. The number of anilines is 1. The maximum atomic E-state index is 13.5. The molecule has 2 rings (SSSR count). The summed E-state index contributed by atoms with van der Waals surface area (Å²) in [5.41, 5.74) is 5.84. The van der Waals surface area contributed by atoms with Crippen molar-refractivity contribution in [2.45, 2.75) is 56.9 Å². The van der Waals surface area contributed by atoms with Crippen LogP contribution in [0.2, 0.25) is 0 Å². The van der Waals surface area contributed by atoms with Crippen LogP contribution in [0.5, 0.6) is 0 Å². The fourth-order valence-electron chi connectivity index (χ4n) is 2.95. The van der Waals surface area contributed by atoms with Crippen LogP contribution in [-0.4, -0.2) is 25.3 Å². The van der Waals surface area contributed by atoms with E-state index in [0.717, 1.165) is 32.1 Å². The van der Waals surface area contributed by atoms with Crippen molar-refractivity contribution in [2.75, 3.05) is 12.3 Å². The zero-order valence-corrected chi connectivity index (χ0v) is 13.4. The molecule has 2 N–H and O–H groups in total. The Kier molecular flexibility index (Phi) is 4.88. The standard InChI is InChI=1S/C15H23FN2O2S/c1-3-12-7-5-4-6-8-18(12)21(19,20)15-10-14(17)13(16)9-11(15)2/h9-10,12H,3-8,17H2,1-2H3. The third kappa shape index (κ3) is 3.21. The quantitative estimate of drug-likeness (QED) is 0.872. The van der Waals surface area contributed by atoms with Crippen molar-refractivity contribution in [3.8, 4) is 0 Å². The Morgan fingerprint density at radius 1 is 1.33 bits per heavy atom. The van der Waals surface area contributed by atoms with Gasteiger partial charge in [0.25, 0.3) is 0 Å². The van der Waals surface area contributed by atoms with Crippen LogP contribution >= 0.6 is 0 Å². The van der Waals surface area contributed by atoms with Crippen molar-refractivity contribution in [1.29, 1.82) is 0 Å². The summed E-state index contributed by atoms with van der Waals surface area (Å²) < 4.78 is 40.9. The van der Waals surface area contributed by atoms with Crippen molar-refractivity contribution in [2.24, 2.45) is 0 Å². The fourth-order valence-corrected chi connectivity index (χ4v) is 4.96. The third-order valence-corrected chi connectivity index (χ3v) is 6.27. The smallest absolute Gasteiger partial charge is 0.243 e. The zero-order valence-electron chi connectivity index (χ0n) is 12.6. The van der Waals surface area contributed by atoms with E-state index in [4.69, 9.17) is 5.73 Å². The summed E-state index contributed by atoms with van der Waals surface area (Å²) in [5.74, 6) is -0.575. The number of rotatable bonds is 3. The van der Waals surface area contributed by atoms with Crippen molar-refractivity contribution in [3.63, 3.8) is 0 Å². The summed E-state index contributed by atoms with van der Waals surface area (Å²) in [6.45, 7) is 4.14. The lowest BCUT2D eigenvalue weighted by Crippen LogP contribution is -2.39.